The third-order valence-corrected chi connectivity index (χ3v) is 11.3. The molecule has 0 spiro atoms. The first-order chi connectivity index (χ1) is 26.8. The van der Waals surface area contributed by atoms with E-state index in [0.29, 0.717) is 0 Å². The van der Waals surface area contributed by atoms with Crippen molar-refractivity contribution in [1.82, 2.24) is 18.1 Å². The summed E-state index contributed by atoms with van der Waals surface area (Å²) in [6.45, 7) is 0. The molecule has 54 heavy (non-hydrogen) atoms. The predicted molar refractivity (Wildman–Crippen MR) is 226 cm³/mol. The molecular formula is C50H32N4. The summed E-state index contributed by atoms with van der Waals surface area (Å²) in [5.41, 5.74) is 15.1. The molecule has 4 heteroatoms. The monoisotopic (exact) mass is 688 g/mol. The zero-order valence-electron chi connectivity index (χ0n) is 29.3. The molecule has 4 nitrogen and oxygen atoms in total. The van der Waals surface area contributed by atoms with Gasteiger partial charge in [0.2, 0.25) is 0 Å². The molecule has 12 rings (SSSR count). The van der Waals surface area contributed by atoms with Crippen molar-refractivity contribution in [3.8, 4) is 28.2 Å². The van der Waals surface area contributed by atoms with Gasteiger partial charge >= 0.3 is 0 Å². The quantitative estimate of drug-likeness (QED) is 0.175. The summed E-state index contributed by atoms with van der Waals surface area (Å²) in [6.07, 6.45) is 0. The lowest BCUT2D eigenvalue weighted by molar-refractivity contribution is 1.09. The van der Waals surface area contributed by atoms with Gasteiger partial charge in [-0.15, -0.1) is 0 Å². The Hall–Kier alpha value is -7.30. The summed E-state index contributed by atoms with van der Waals surface area (Å²) < 4.78 is 9.84. The van der Waals surface area contributed by atoms with E-state index < -0.39 is 0 Å². The van der Waals surface area contributed by atoms with Crippen molar-refractivity contribution < 1.29 is 0 Å². The van der Waals surface area contributed by atoms with Gasteiger partial charge in [-0.05, 0) is 66.2 Å². The molecule has 0 aliphatic carbocycles. The minimum Gasteiger partial charge on any atom is -0.309 e. The van der Waals surface area contributed by atoms with Gasteiger partial charge in [0.25, 0.3) is 0 Å². The Labute approximate surface area is 310 Å². The number of aromatic nitrogens is 4. The van der Waals surface area contributed by atoms with Crippen LogP contribution in [0.3, 0.4) is 0 Å². The molecule has 0 saturated carbocycles. The Morgan fingerprint density at radius 2 is 0.611 bits per heavy atom. The smallest absolute Gasteiger partial charge is 0.131 e. The van der Waals surface area contributed by atoms with Gasteiger partial charge in [-0.3, -0.25) is 8.97 Å². The topological polar surface area (TPSA) is 19.2 Å². The van der Waals surface area contributed by atoms with E-state index in [9.17, 15) is 0 Å². The van der Waals surface area contributed by atoms with Crippen LogP contribution in [-0.2, 0) is 0 Å². The predicted octanol–water partition coefficient (Wildman–Crippen LogP) is 12.9. The van der Waals surface area contributed by atoms with Gasteiger partial charge in [0, 0.05) is 32.5 Å². The van der Waals surface area contributed by atoms with Crippen molar-refractivity contribution in [3.63, 3.8) is 0 Å². The summed E-state index contributed by atoms with van der Waals surface area (Å²) in [5.74, 6) is 0. The van der Waals surface area contributed by atoms with Crippen LogP contribution in [0.15, 0.2) is 194 Å². The lowest BCUT2D eigenvalue weighted by Gasteiger charge is -2.17. The molecule has 4 aromatic heterocycles. The molecule has 4 heterocycles. The molecule has 0 amide bonds. The summed E-state index contributed by atoms with van der Waals surface area (Å²) in [6, 6.07) is 70.8. The number of benzene rings is 8. The van der Waals surface area contributed by atoms with Gasteiger partial charge in [-0.2, -0.15) is 0 Å². The van der Waals surface area contributed by atoms with Crippen LogP contribution in [0.5, 0.6) is 0 Å². The molecule has 0 unspecified atom stereocenters. The van der Waals surface area contributed by atoms with Crippen LogP contribution in [0.25, 0.3) is 99.4 Å². The molecule has 0 fully saturated rings. The van der Waals surface area contributed by atoms with Crippen molar-refractivity contribution in [2.75, 3.05) is 0 Å². The summed E-state index contributed by atoms with van der Waals surface area (Å²) >= 11 is 0. The molecule has 0 aliphatic rings. The van der Waals surface area contributed by atoms with Crippen molar-refractivity contribution >= 4 is 71.2 Å². The largest absolute Gasteiger partial charge is 0.309 e. The van der Waals surface area contributed by atoms with E-state index in [1.165, 1.54) is 71.2 Å². The molecule has 0 atom stereocenters. The van der Waals surface area contributed by atoms with E-state index >= 15 is 0 Å². The minimum absolute atomic E-state index is 1.09. The van der Waals surface area contributed by atoms with E-state index in [0.717, 1.165) is 28.2 Å². The van der Waals surface area contributed by atoms with Crippen molar-refractivity contribution in [3.05, 3.63) is 194 Å². The first-order valence-corrected chi connectivity index (χ1v) is 18.5. The van der Waals surface area contributed by atoms with E-state index in [2.05, 4.69) is 212 Å². The van der Waals surface area contributed by atoms with Crippen LogP contribution in [0.4, 0.5) is 0 Å². The number of imidazole rings is 1. The van der Waals surface area contributed by atoms with Crippen molar-refractivity contribution in [2.45, 2.75) is 0 Å². The van der Waals surface area contributed by atoms with Gasteiger partial charge in [0.15, 0.2) is 0 Å². The normalized spacial score (nSPS) is 12.1. The fourth-order valence-electron chi connectivity index (χ4n) is 9.16. The summed E-state index contributed by atoms with van der Waals surface area (Å²) in [4.78, 5) is 0. The second-order valence-electron chi connectivity index (χ2n) is 14.2. The first-order valence-electron chi connectivity index (χ1n) is 18.5. The minimum atomic E-state index is 1.09. The highest BCUT2D eigenvalue weighted by Gasteiger charge is 2.24. The number of nitrogens with zero attached hydrogens (tertiary/aromatic N) is 4. The lowest BCUT2D eigenvalue weighted by atomic mass is 10.0. The van der Waals surface area contributed by atoms with Gasteiger partial charge < -0.3 is 9.13 Å². The molecule has 0 radical (unpaired) electrons. The third-order valence-electron chi connectivity index (χ3n) is 11.3. The highest BCUT2D eigenvalue weighted by molar-refractivity contribution is 6.12. The number of fused-ring (bicyclic) bond motifs is 11. The Morgan fingerprint density at radius 3 is 1.09 bits per heavy atom. The first kappa shape index (κ1) is 29.3. The molecule has 0 aliphatic heterocycles. The highest BCUT2D eigenvalue weighted by atomic mass is 15.1. The van der Waals surface area contributed by atoms with Gasteiger partial charge in [0.1, 0.15) is 5.65 Å². The number of rotatable bonds is 4. The second kappa shape index (κ2) is 11.1. The zero-order valence-corrected chi connectivity index (χ0v) is 29.3. The molecular weight excluding hydrogens is 657 g/mol. The molecule has 0 saturated heterocycles. The zero-order chi connectivity index (χ0) is 35.3. The van der Waals surface area contributed by atoms with Crippen LogP contribution in [0, 0.1) is 0 Å². The maximum Gasteiger partial charge on any atom is 0.131 e. The van der Waals surface area contributed by atoms with E-state index in [-0.39, 0.29) is 0 Å². The number of hydrogen-bond donors (Lipinski definition) is 0. The van der Waals surface area contributed by atoms with Crippen LogP contribution in [-0.4, -0.2) is 18.1 Å². The Morgan fingerprint density at radius 1 is 0.259 bits per heavy atom. The molecule has 12 aromatic rings. The van der Waals surface area contributed by atoms with Crippen LogP contribution >= 0.6 is 0 Å². The molecule has 0 N–H and O–H groups in total. The molecule has 0 bridgehead atoms. The Bertz CT molecular complexity index is 3200. The number of para-hydroxylation sites is 7. The maximum absolute atomic E-state index is 2.49. The van der Waals surface area contributed by atoms with Crippen LogP contribution in [0.2, 0.25) is 0 Å². The molecule has 252 valence electrons. The highest BCUT2D eigenvalue weighted by Crippen LogP contribution is 2.42. The number of hydrogen-bond acceptors (Lipinski definition) is 0. The Kier molecular flexibility index (Phi) is 6.02. The van der Waals surface area contributed by atoms with E-state index in [1.54, 1.807) is 0 Å². The fourth-order valence-corrected chi connectivity index (χ4v) is 9.16. The van der Waals surface area contributed by atoms with Crippen LogP contribution in [0.1, 0.15) is 0 Å². The summed E-state index contributed by atoms with van der Waals surface area (Å²) in [5, 5.41) is 6.22. The van der Waals surface area contributed by atoms with Gasteiger partial charge in [0.05, 0.1) is 55.7 Å². The van der Waals surface area contributed by atoms with Crippen LogP contribution < -0.4 is 0 Å². The maximum atomic E-state index is 2.49. The van der Waals surface area contributed by atoms with E-state index in [4.69, 9.17) is 0 Å². The fraction of sp³-hybridized carbons (Fsp3) is 0. The van der Waals surface area contributed by atoms with Gasteiger partial charge in [-0.1, -0.05) is 133 Å². The van der Waals surface area contributed by atoms with Crippen molar-refractivity contribution in [1.29, 1.82) is 0 Å². The van der Waals surface area contributed by atoms with Crippen molar-refractivity contribution in [2.24, 2.45) is 0 Å². The average molecular weight is 689 g/mol. The lowest BCUT2D eigenvalue weighted by Crippen LogP contribution is -2.03. The molecule has 8 aromatic carbocycles. The Balaban J connectivity index is 1.28. The standard InChI is InChI=1S/C50H32N4/c1-2-16-33(17-3-1)49-41-22-8-13-27-46(41)54-48-29-15-14-28-47(48)53(50(49)54)36-31-34(51-42-23-9-4-18-37(42)38-19-5-10-24-43(38)51)30-35(32-36)52-44-25-11-6-20-39(44)40-21-7-12-26-45(40)52/h1-32H. The summed E-state index contributed by atoms with van der Waals surface area (Å²) in [7, 11) is 0. The van der Waals surface area contributed by atoms with E-state index in [1.807, 2.05) is 0 Å². The third kappa shape index (κ3) is 3.97. The second-order valence-corrected chi connectivity index (χ2v) is 14.2. The SMILES string of the molecule is c1ccc(-c2c3ccccc3n3c4ccccc4n(-c4cc(-n5c6ccccc6c6ccccc65)cc(-n5c6ccccc6c6ccccc65)c4)c23)cc1. The van der Waals surface area contributed by atoms with Gasteiger partial charge in [-0.25, -0.2) is 0 Å². The average Bonchev–Trinajstić information content (AvgIpc) is 3.96.